The van der Waals surface area contributed by atoms with Gasteiger partial charge in [-0.15, -0.1) is 11.3 Å². The molecule has 0 aliphatic carbocycles. The molecule has 0 saturated carbocycles. The number of esters is 1. The lowest BCUT2D eigenvalue weighted by Crippen LogP contribution is -2.22. The largest absolute Gasteiger partial charge is 0.464 e. The molecule has 1 aromatic carbocycles. The lowest BCUT2D eigenvalue weighted by molar-refractivity contribution is -0.144. The Kier molecular flexibility index (Phi) is 4.74. The number of nitrogens with one attached hydrogen (secondary N) is 1. The highest BCUT2D eigenvalue weighted by molar-refractivity contribution is 7.12. The highest BCUT2D eigenvalue weighted by atomic mass is 32.1. The molecule has 20 heavy (non-hydrogen) atoms. The summed E-state index contributed by atoms with van der Waals surface area (Å²) in [4.78, 5) is 14.0. The van der Waals surface area contributed by atoms with Crippen molar-refractivity contribution in [3.63, 3.8) is 0 Å². The number of carbonyl (C=O) groups is 1. The van der Waals surface area contributed by atoms with Crippen molar-refractivity contribution >= 4 is 23.0 Å². The molecule has 0 spiro atoms. The van der Waals surface area contributed by atoms with Crippen LogP contribution >= 0.6 is 11.3 Å². The molecule has 2 aromatic rings. The number of thiophene rings is 1. The van der Waals surface area contributed by atoms with E-state index in [9.17, 15) is 9.18 Å². The molecule has 2 rings (SSSR count). The molecule has 0 bridgehead atoms. The molecule has 3 nitrogen and oxygen atoms in total. The number of anilines is 1. The summed E-state index contributed by atoms with van der Waals surface area (Å²) < 4.78 is 18.3. The summed E-state index contributed by atoms with van der Waals surface area (Å²) >= 11 is 1.52. The van der Waals surface area contributed by atoms with Crippen molar-refractivity contribution < 1.29 is 13.9 Å². The summed E-state index contributed by atoms with van der Waals surface area (Å²) in [6, 6.07) is 9.24. The summed E-state index contributed by atoms with van der Waals surface area (Å²) in [5, 5.41) is 3.03. The molecule has 1 heterocycles. The summed E-state index contributed by atoms with van der Waals surface area (Å²) in [6.07, 6.45) is 0. The number of aryl methyl sites for hydroxylation is 1. The lowest BCUT2D eigenvalue weighted by Gasteiger charge is -2.17. The molecule has 0 aliphatic rings. The van der Waals surface area contributed by atoms with E-state index in [-0.39, 0.29) is 11.8 Å². The number of benzene rings is 1. The number of hydrogen-bond acceptors (Lipinski definition) is 4. The monoisotopic (exact) mass is 293 g/mol. The lowest BCUT2D eigenvalue weighted by atomic mass is 10.2. The minimum Gasteiger partial charge on any atom is -0.464 e. The van der Waals surface area contributed by atoms with Gasteiger partial charge in [-0.1, -0.05) is 6.07 Å². The number of ether oxygens (including phenoxy) is 1. The first-order valence-electron chi connectivity index (χ1n) is 6.35. The van der Waals surface area contributed by atoms with Gasteiger partial charge in [-0.2, -0.15) is 0 Å². The van der Waals surface area contributed by atoms with Crippen molar-refractivity contribution in [3.8, 4) is 0 Å². The zero-order valence-corrected chi connectivity index (χ0v) is 12.2. The number of hydrogen-bond donors (Lipinski definition) is 1. The van der Waals surface area contributed by atoms with Gasteiger partial charge in [-0.25, -0.2) is 9.18 Å². The van der Waals surface area contributed by atoms with Crippen LogP contribution in [0.1, 0.15) is 22.7 Å². The van der Waals surface area contributed by atoms with E-state index >= 15 is 0 Å². The van der Waals surface area contributed by atoms with Crippen LogP contribution in [0.3, 0.4) is 0 Å². The smallest absolute Gasteiger partial charge is 0.334 e. The van der Waals surface area contributed by atoms with Crippen LogP contribution in [0.15, 0.2) is 36.4 Å². The average molecular weight is 293 g/mol. The topological polar surface area (TPSA) is 38.3 Å². The van der Waals surface area contributed by atoms with Crippen molar-refractivity contribution in [3.05, 3.63) is 52.0 Å². The molecule has 0 amide bonds. The highest BCUT2D eigenvalue weighted by Gasteiger charge is 2.23. The molecule has 106 valence electrons. The van der Waals surface area contributed by atoms with E-state index in [1.165, 1.54) is 23.5 Å². The SMILES string of the molecule is CCOC(=O)C(Nc1cccc(F)c1)c1ccc(C)s1. The number of halogens is 1. The third-order valence-corrected chi connectivity index (χ3v) is 3.77. The van der Waals surface area contributed by atoms with Gasteiger partial charge < -0.3 is 10.1 Å². The molecular weight excluding hydrogens is 277 g/mol. The maximum absolute atomic E-state index is 13.2. The summed E-state index contributed by atoms with van der Waals surface area (Å²) in [5.74, 6) is -0.710. The fourth-order valence-electron chi connectivity index (χ4n) is 1.83. The molecule has 1 aromatic heterocycles. The third-order valence-electron chi connectivity index (χ3n) is 2.70. The van der Waals surface area contributed by atoms with Crippen LogP contribution in [0.2, 0.25) is 0 Å². The standard InChI is InChI=1S/C15H16FNO2S/c1-3-19-15(18)14(13-8-7-10(2)20-13)17-12-6-4-5-11(16)9-12/h4-9,14,17H,3H2,1-2H3. The molecule has 1 unspecified atom stereocenters. The van der Waals surface area contributed by atoms with Gasteiger partial charge in [-0.05, 0) is 44.2 Å². The zero-order valence-electron chi connectivity index (χ0n) is 11.4. The van der Waals surface area contributed by atoms with Crippen molar-refractivity contribution in [1.82, 2.24) is 0 Å². The van der Waals surface area contributed by atoms with Gasteiger partial charge >= 0.3 is 5.97 Å². The normalized spacial score (nSPS) is 11.9. The van der Waals surface area contributed by atoms with E-state index in [0.29, 0.717) is 12.3 Å². The van der Waals surface area contributed by atoms with Gasteiger partial charge in [0.25, 0.3) is 0 Å². The van der Waals surface area contributed by atoms with Crippen LogP contribution in [0.4, 0.5) is 10.1 Å². The maximum Gasteiger partial charge on any atom is 0.334 e. The quantitative estimate of drug-likeness (QED) is 0.849. The number of rotatable bonds is 5. The first-order valence-corrected chi connectivity index (χ1v) is 7.17. The predicted molar refractivity (Wildman–Crippen MR) is 78.5 cm³/mol. The highest BCUT2D eigenvalue weighted by Crippen LogP contribution is 2.27. The van der Waals surface area contributed by atoms with Gasteiger partial charge in [0.1, 0.15) is 5.82 Å². The Balaban J connectivity index is 2.25. The summed E-state index contributed by atoms with van der Waals surface area (Å²) in [7, 11) is 0. The third kappa shape index (κ3) is 3.57. The molecule has 1 N–H and O–H groups in total. The maximum atomic E-state index is 13.2. The van der Waals surface area contributed by atoms with E-state index in [2.05, 4.69) is 5.32 Å². The Morgan fingerprint density at radius 2 is 2.20 bits per heavy atom. The van der Waals surface area contributed by atoms with E-state index in [0.717, 1.165) is 9.75 Å². The van der Waals surface area contributed by atoms with Crippen molar-refractivity contribution in [1.29, 1.82) is 0 Å². The van der Waals surface area contributed by atoms with E-state index in [1.807, 2.05) is 19.1 Å². The van der Waals surface area contributed by atoms with Crippen LogP contribution in [0.5, 0.6) is 0 Å². The molecule has 1 atom stereocenters. The number of carbonyl (C=O) groups excluding carboxylic acids is 1. The first-order chi connectivity index (χ1) is 9.60. The van der Waals surface area contributed by atoms with Gasteiger partial charge in [-0.3, -0.25) is 0 Å². The van der Waals surface area contributed by atoms with Crippen LogP contribution in [-0.4, -0.2) is 12.6 Å². The van der Waals surface area contributed by atoms with Crippen molar-refractivity contribution in [2.24, 2.45) is 0 Å². The second-order valence-electron chi connectivity index (χ2n) is 4.29. The molecule has 0 fully saturated rings. The molecule has 5 heteroatoms. The van der Waals surface area contributed by atoms with Gasteiger partial charge in [0.2, 0.25) is 0 Å². The second kappa shape index (κ2) is 6.52. The Hall–Kier alpha value is -1.88. The Morgan fingerprint density at radius 1 is 1.40 bits per heavy atom. The predicted octanol–water partition coefficient (Wildman–Crippen LogP) is 3.91. The van der Waals surface area contributed by atoms with Crippen molar-refractivity contribution in [2.45, 2.75) is 19.9 Å². The van der Waals surface area contributed by atoms with E-state index in [1.54, 1.807) is 19.1 Å². The zero-order chi connectivity index (χ0) is 14.5. The van der Waals surface area contributed by atoms with Crippen LogP contribution in [-0.2, 0) is 9.53 Å². The fourth-order valence-corrected chi connectivity index (χ4v) is 2.74. The molecular formula is C15H16FNO2S. The van der Waals surface area contributed by atoms with Crippen molar-refractivity contribution in [2.75, 3.05) is 11.9 Å². The van der Waals surface area contributed by atoms with Crippen LogP contribution < -0.4 is 5.32 Å². The van der Waals surface area contributed by atoms with E-state index < -0.39 is 6.04 Å². The molecule has 0 aliphatic heterocycles. The molecule has 0 radical (unpaired) electrons. The Labute approximate surface area is 121 Å². The summed E-state index contributed by atoms with van der Waals surface area (Å²) in [5.41, 5.74) is 0.550. The first kappa shape index (κ1) is 14.5. The van der Waals surface area contributed by atoms with Gasteiger partial charge in [0, 0.05) is 15.4 Å². The second-order valence-corrected chi connectivity index (χ2v) is 5.61. The average Bonchev–Trinajstić information content (AvgIpc) is 2.83. The van der Waals surface area contributed by atoms with Gasteiger partial charge in [0.05, 0.1) is 6.61 Å². The van der Waals surface area contributed by atoms with Crippen LogP contribution in [0.25, 0.3) is 0 Å². The fraction of sp³-hybridized carbons (Fsp3) is 0.267. The van der Waals surface area contributed by atoms with Crippen LogP contribution in [0, 0.1) is 12.7 Å². The Bertz CT molecular complexity index is 597. The minimum absolute atomic E-state index is 0.310. The van der Waals surface area contributed by atoms with E-state index in [4.69, 9.17) is 4.74 Å². The molecule has 0 saturated heterocycles. The minimum atomic E-state index is -0.615. The van der Waals surface area contributed by atoms with Gasteiger partial charge in [0.15, 0.2) is 6.04 Å². The Morgan fingerprint density at radius 3 is 2.80 bits per heavy atom. The summed E-state index contributed by atoms with van der Waals surface area (Å²) in [6.45, 7) is 4.04.